The van der Waals surface area contributed by atoms with Crippen LogP contribution >= 0.6 is 11.6 Å². The Morgan fingerprint density at radius 1 is 0.926 bits per heavy atom. The quantitative estimate of drug-likeness (QED) is 0.298. The highest BCUT2D eigenvalue weighted by molar-refractivity contribution is 6.32. The highest BCUT2D eigenvalue weighted by atomic mass is 35.5. The highest BCUT2D eigenvalue weighted by Crippen LogP contribution is 2.24. The number of hydrogen-bond acceptors (Lipinski definition) is 4. The average Bonchev–Trinajstić information content (AvgIpc) is 2.72. The minimum Gasteiger partial charge on any atom is -0.487 e. The molecule has 0 atom stereocenters. The average molecular weight is 381 g/mol. The van der Waals surface area contributed by atoms with Gasteiger partial charge in [-0.25, -0.2) is 4.79 Å². The number of amidine groups is 1. The number of rotatable bonds is 6. The standard InChI is InChI=1S/C21H17ClN2O3/c22-18-11-4-5-12-19(18)26-14-15-7-6-10-17(13-15)21(25)27-24-20(23)16-8-2-1-3-9-16/h1-13H,14H2,(H2,23,24). The van der Waals surface area contributed by atoms with Gasteiger partial charge >= 0.3 is 5.97 Å². The Bertz CT molecular complexity index is 958. The Labute approximate surface area is 162 Å². The molecule has 0 unspecified atom stereocenters. The summed E-state index contributed by atoms with van der Waals surface area (Å²) in [6.07, 6.45) is 0. The van der Waals surface area contributed by atoms with Crippen molar-refractivity contribution >= 4 is 23.4 Å². The second-order valence-corrected chi connectivity index (χ2v) is 6.05. The van der Waals surface area contributed by atoms with Gasteiger partial charge in [0.05, 0.1) is 10.6 Å². The molecule has 0 amide bonds. The monoisotopic (exact) mass is 380 g/mol. The molecule has 3 aromatic carbocycles. The minimum atomic E-state index is -0.603. The highest BCUT2D eigenvalue weighted by Gasteiger charge is 2.10. The van der Waals surface area contributed by atoms with E-state index in [0.717, 1.165) is 5.56 Å². The molecule has 0 aliphatic carbocycles. The van der Waals surface area contributed by atoms with Gasteiger partial charge in [-0.05, 0) is 29.8 Å². The third-order valence-corrected chi connectivity index (χ3v) is 4.00. The maximum absolute atomic E-state index is 12.2. The molecular formula is C21H17ClN2O3. The molecule has 0 saturated carbocycles. The van der Waals surface area contributed by atoms with Crippen molar-refractivity contribution in [2.45, 2.75) is 6.61 Å². The molecule has 6 heteroatoms. The van der Waals surface area contributed by atoms with Gasteiger partial charge in [0.2, 0.25) is 0 Å². The topological polar surface area (TPSA) is 73.9 Å². The van der Waals surface area contributed by atoms with Crippen LogP contribution in [0.25, 0.3) is 0 Å². The lowest BCUT2D eigenvalue weighted by Crippen LogP contribution is -2.15. The number of ether oxygens (including phenoxy) is 1. The van der Waals surface area contributed by atoms with E-state index in [4.69, 9.17) is 26.9 Å². The first-order valence-electron chi connectivity index (χ1n) is 8.20. The van der Waals surface area contributed by atoms with E-state index in [1.54, 1.807) is 42.5 Å². The van der Waals surface area contributed by atoms with Crippen molar-refractivity contribution in [1.29, 1.82) is 0 Å². The van der Waals surface area contributed by atoms with E-state index in [-0.39, 0.29) is 12.4 Å². The van der Waals surface area contributed by atoms with Gasteiger partial charge in [-0.1, -0.05) is 71.4 Å². The summed E-state index contributed by atoms with van der Waals surface area (Å²) in [6.45, 7) is 0.264. The van der Waals surface area contributed by atoms with Crippen molar-refractivity contribution in [3.63, 3.8) is 0 Å². The number of nitrogens with two attached hydrogens (primary N) is 1. The predicted octanol–water partition coefficient (Wildman–Crippen LogP) is 4.40. The zero-order valence-electron chi connectivity index (χ0n) is 14.3. The van der Waals surface area contributed by atoms with E-state index in [9.17, 15) is 4.79 Å². The van der Waals surface area contributed by atoms with Crippen LogP contribution in [-0.4, -0.2) is 11.8 Å². The van der Waals surface area contributed by atoms with Crippen molar-refractivity contribution in [3.8, 4) is 5.75 Å². The van der Waals surface area contributed by atoms with Crippen LogP contribution in [0.3, 0.4) is 0 Å². The number of carbonyl (C=O) groups excluding carboxylic acids is 1. The molecule has 0 spiro atoms. The van der Waals surface area contributed by atoms with Gasteiger partial charge in [0, 0.05) is 5.56 Å². The number of nitrogens with zero attached hydrogens (tertiary/aromatic N) is 1. The number of benzene rings is 3. The summed E-state index contributed by atoms with van der Waals surface area (Å²) in [5, 5.41) is 4.23. The largest absolute Gasteiger partial charge is 0.487 e. The number of halogens is 1. The molecule has 0 heterocycles. The Balaban J connectivity index is 1.64. The zero-order chi connectivity index (χ0) is 19.1. The summed E-state index contributed by atoms with van der Waals surface area (Å²) in [4.78, 5) is 17.2. The molecule has 0 fully saturated rings. The second kappa shape index (κ2) is 8.87. The SMILES string of the molecule is N/C(=N\OC(=O)c1cccc(COc2ccccc2Cl)c1)c1ccccc1. The first kappa shape index (κ1) is 18.5. The summed E-state index contributed by atoms with van der Waals surface area (Å²) in [5.41, 5.74) is 7.63. The first-order chi connectivity index (χ1) is 13.1. The fraction of sp³-hybridized carbons (Fsp3) is 0.0476. The third kappa shape index (κ3) is 5.09. The van der Waals surface area contributed by atoms with E-state index in [1.807, 2.05) is 36.4 Å². The molecule has 0 aliphatic rings. The fourth-order valence-corrected chi connectivity index (χ4v) is 2.51. The molecule has 0 aromatic heterocycles. The summed E-state index contributed by atoms with van der Waals surface area (Å²) < 4.78 is 5.68. The zero-order valence-corrected chi connectivity index (χ0v) is 15.1. The lowest BCUT2D eigenvalue weighted by molar-refractivity contribution is 0.0516. The second-order valence-electron chi connectivity index (χ2n) is 5.64. The van der Waals surface area contributed by atoms with Gasteiger partial charge in [-0.2, -0.15) is 0 Å². The van der Waals surface area contributed by atoms with Gasteiger partial charge in [-0.15, -0.1) is 0 Å². The third-order valence-electron chi connectivity index (χ3n) is 3.69. The van der Waals surface area contributed by atoms with Crippen molar-refractivity contribution in [2.75, 3.05) is 0 Å². The lowest BCUT2D eigenvalue weighted by atomic mass is 10.1. The van der Waals surface area contributed by atoms with Crippen molar-refractivity contribution in [2.24, 2.45) is 10.9 Å². The lowest BCUT2D eigenvalue weighted by Gasteiger charge is -2.08. The Morgan fingerprint density at radius 2 is 1.63 bits per heavy atom. The molecule has 0 bridgehead atoms. The van der Waals surface area contributed by atoms with Crippen molar-refractivity contribution < 1.29 is 14.4 Å². The van der Waals surface area contributed by atoms with Crippen molar-refractivity contribution in [1.82, 2.24) is 0 Å². The Kier molecular flexibility index (Phi) is 6.07. The number of carbonyl (C=O) groups is 1. The van der Waals surface area contributed by atoms with Crippen molar-refractivity contribution in [3.05, 3.63) is 101 Å². The molecule has 0 aliphatic heterocycles. The van der Waals surface area contributed by atoms with E-state index in [2.05, 4.69) is 5.16 Å². The van der Waals surface area contributed by atoms with Crippen LogP contribution in [0.2, 0.25) is 5.02 Å². The Morgan fingerprint density at radius 3 is 2.41 bits per heavy atom. The van der Waals surface area contributed by atoms with Crippen LogP contribution in [0.4, 0.5) is 0 Å². The summed E-state index contributed by atoms with van der Waals surface area (Å²) in [6, 6.07) is 23.1. The number of para-hydroxylation sites is 1. The molecule has 0 radical (unpaired) electrons. The number of oxime groups is 1. The van der Waals surface area contributed by atoms with Crippen LogP contribution in [0.5, 0.6) is 5.75 Å². The smallest absolute Gasteiger partial charge is 0.365 e. The molecule has 5 nitrogen and oxygen atoms in total. The van der Waals surface area contributed by atoms with Crippen LogP contribution in [0, 0.1) is 0 Å². The van der Waals surface area contributed by atoms with Gasteiger partial charge < -0.3 is 15.3 Å². The summed E-state index contributed by atoms with van der Waals surface area (Å²) in [5.74, 6) is 0.100. The van der Waals surface area contributed by atoms with Gasteiger partial charge in [0.15, 0.2) is 5.84 Å². The molecule has 3 aromatic rings. The maximum atomic E-state index is 12.2. The van der Waals surface area contributed by atoms with Gasteiger partial charge in [0.1, 0.15) is 12.4 Å². The normalized spacial score (nSPS) is 11.1. The van der Waals surface area contributed by atoms with Crippen LogP contribution in [0.1, 0.15) is 21.5 Å². The maximum Gasteiger partial charge on any atom is 0.365 e. The molecule has 3 rings (SSSR count). The van der Waals surface area contributed by atoms with E-state index < -0.39 is 5.97 Å². The molecule has 2 N–H and O–H groups in total. The van der Waals surface area contributed by atoms with Crippen LogP contribution in [0.15, 0.2) is 84.0 Å². The van der Waals surface area contributed by atoms with Crippen LogP contribution in [-0.2, 0) is 11.4 Å². The van der Waals surface area contributed by atoms with Gasteiger partial charge in [0.25, 0.3) is 0 Å². The van der Waals surface area contributed by atoms with Crippen LogP contribution < -0.4 is 10.5 Å². The molecule has 0 saturated heterocycles. The fourth-order valence-electron chi connectivity index (χ4n) is 2.32. The van der Waals surface area contributed by atoms with E-state index in [0.29, 0.717) is 21.9 Å². The molecule has 27 heavy (non-hydrogen) atoms. The van der Waals surface area contributed by atoms with E-state index in [1.165, 1.54) is 0 Å². The first-order valence-corrected chi connectivity index (χ1v) is 8.58. The summed E-state index contributed by atoms with van der Waals surface area (Å²) >= 11 is 6.07. The van der Waals surface area contributed by atoms with Gasteiger partial charge in [-0.3, -0.25) is 0 Å². The summed E-state index contributed by atoms with van der Waals surface area (Å²) in [7, 11) is 0. The minimum absolute atomic E-state index is 0.127. The van der Waals surface area contributed by atoms with E-state index >= 15 is 0 Å². The predicted molar refractivity (Wildman–Crippen MR) is 105 cm³/mol. The molecular weight excluding hydrogens is 364 g/mol. The Hall–Kier alpha value is -3.31. The number of hydrogen-bond donors (Lipinski definition) is 1. The molecule has 136 valence electrons.